The minimum atomic E-state index is 0.242. The highest BCUT2D eigenvalue weighted by Gasteiger charge is 2.41. The first-order valence-corrected chi connectivity index (χ1v) is 8.40. The molecule has 0 bridgehead atoms. The van der Waals surface area contributed by atoms with E-state index in [2.05, 4.69) is 4.90 Å². The second kappa shape index (κ2) is 6.30. The normalized spacial score (nSPS) is 35.8. The molecule has 0 N–H and O–H groups in total. The Bertz CT molecular complexity index is 294. The van der Waals surface area contributed by atoms with Crippen molar-refractivity contribution in [2.24, 2.45) is 0 Å². The highest BCUT2D eigenvalue weighted by molar-refractivity contribution is 6.18. The lowest BCUT2D eigenvalue weighted by atomic mass is 9.83. The lowest BCUT2D eigenvalue weighted by Crippen LogP contribution is -2.49. The van der Waals surface area contributed by atoms with Crippen LogP contribution in [0.1, 0.15) is 44.9 Å². The van der Waals surface area contributed by atoms with Crippen LogP contribution >= 0.6 is 11.6 Å². The number of nitrogens with zero attached hydrogens (tertiary/aromatic N) is 1. The van der Waals surface area contributed by atoms with Gasteiger partial charge in [-0.1, -0.05) is 19.3 Å². The molecule has 0 amide bonds. The molecule has 19 heavy (non-hydrogen) atoms. The number of alkyl halides is 1. The van der Waals surface area contributed by atoms with E-state index in [4.69, 9.17) is 21.1 Å². The highest BCUT2D eigenvalue weighted by Crippen LogP contribution is 2.42. The van der Waals surface area contributed by atoms with Gasteiger partial charge in [-0.3, -0.25) is 4.90 Å². The summed E-state index contributed by atoms with van der Waals surface area (Å²) in [6, 6.07) is 0.377. The first-order valence-electron chi connectivity index (χ1n) is 7.87. The van der Waals surface area contributed by atoms with Crippen LogP contribution in [0.5, 0.6) is 0 Å². The monoisotopic (exact) mass is 287 g/mol. The van der Waals surface area contributed by atoms with E-state index in [1.54, 1.807) is 0 Å². The van der Waals surface area contributed by atoms with E-state index in [9.17, 15) is 0 Å². The molecule has 3 aliphatic rings. The van der Waals surface area contributed by atoms with E-state index in [0.29, 0.717) is 18.0 Å². The van der Waals surface area contributed by atoms with Crippen molar-refractivity contribution < 1.29 is 9.47 Å². The van der Waals surface area contributed by atoms with E-state index in [1.165, 1.54) is 44.9 Å². The Morgan fingerprint density at radius 3 is 2.79 bits per heavy atom. The topological polar surface area (TPSA) is 21.7 Å². The third kappa shape index (κ3) is 3.26. The molecular weight excluding hydrogens is 262 g/mol. The van der Waals surface area contributed by atoms with Crippen molar-refractivity contribution >= 4 is 11.6 Å². The van der Waals surface area contributed by atoms with Crippen LogP contribution in [0, 0.1) is 0 Å². The Hall–Kier alpha value is 0.170. The quantitative estimate of drug-likeness (QED) is 0.745. The number of hydrogen-bond acceptors (Lipinski definition) is 3. The van der Waals surface area contributed by atoms with Crippen LogP contribution in [0.2, 0.25) is 0 Å². The molecule has 3 fully saturated rings. The smallest absolute Gasteiger partial charge is 0.0710 e. The maximum Gasteiger partial charge on any atom is 0.0710 e. The van der Waals surface area contributed by atoms with Gasteiger partial charge in [-0.25, -0.2) is 0 Å². The lowest BCUT2D eigenvalue weighted by molar-refractivity contribution is -0.0856. The summed E-state index contributed by atoms with van der Waals surface area (Å²) in [7, 11) is 0. The van der Waals surface area contributed by atoms with Crippen LogP contribution in [0.3, 0.4) is 0 Å². The van der Waals surface area contributed by atoms with E-state index in [-0.39, 0.29) is 5.60 Å². The van der Waals surface area contributed by atoms with Crippen LogP contribution < -0.4 is 0 Å². The van der Waals surface area contributed by atoms with Crippen LogP contribution in [0.25, 0.3) is 0 Å². The SMILES string of the molecule is ClCC1COCCN1CC1CCC2(CCCCC2)O1. The summed E-state index contributed by atoms with van der Waals surface area (Å²) in [5.41, 5.74) is 0.242. The van der Waals surface area contributed by atoms with Crippen molar-refractivity contribution in [2.45, 2.75) is 62.7 Å². The van der Waals surface area contributed by atoms with Crippen molar-refractivity contribution in [3.8, 4) is 0 Å². The number of halogens is 1. The largest absolute Gasteiger partial charge is 0.378 e. The van der Waals surface area contributed by atoms with E-state index >= 15 is 0 Å². The third-order valence-electron chi connectivity index (χ3n) is 5.07. The number of ether oxygens (including phenoxy) is 2. The molecule has 0 aromatic heterocycles. The van der Waals surface area contributed by atoms with E-state index in [0.717, 1.165) is 26.3 Å². The van der Waals surface area contributed by atoms with Crippen LogP contribution in [-0.2, 0) is 9.47 Å². The van der Waals surface area contributed by atoms with Gasteiger partial charge in [0.25, 0.3) is 0 Å². The molecule has 3 rings (SSSR count). The highest BCUT2D eigenvalue weighted by atomic mass is 35.5. The molecule has 1 saturated carbocycles. The fourth-order valence-corrected chi connectivity index (χ4v) is 4.21. The number of rotatable bonds is 3. The van der Waals surface area contributed by atoms with Crippen molar-refractivity contribution in [1.82, 2.24) is 4.90 Å². The Kier molecular flexibility index (Phi) is 4.68. The van der Waals surface area contributed by atoms with Gasteiger partial charge in [0.2, 0.25) is 0 Å². The summed E-state index contributed by atoms with van der Waals surface area (Å²) in [6.07, 6.45) is 9.59. The Labute approximate surface area is 121 Å². The standard InChI is InChI=1S/C15H26ClNO2/c16-10-13-12-18-9-8-17(13)11-14-4-7-15(19-14)5-2-1-3-6-15/h13-14H,1-12H2. The van der Waals surface area contributed by atoms with Crippen molar-refractivity contribution in [3.05, 3.63) is 0 Å². The van der Waals surface area contributed by atoms with Gasteiger partial charge in [-0.05, 0) is 25.7 Å². The molecule has 0 radical (unpaired) electrons. The van der Waals surface area contributed by atoms with E-state index < -0.39 is 0 Å². The van der Waals surface area contributed by atoms with Gasteiger partial charge in [0.15, 0.2) is 0 Å². The fraction of sp³-hybridized carbons (Fsp3) is 1.00. The molecule has 0 aromatic rings. The number of hydrogen-bond donors (Lipinski definition) is 0. The summed E-state index contributed by atoms with van der Waals surface area (Å²) in [5, 5.41) is 0. The minimum absolute atomic E-state index is 0.242. The molecule has 2 heterocycles. The zero-order valence-electron chi connectivity index (χ0n) is 11.8. The molecule has 3 nitrogen and oxygen atoms in total. The number of morpholine rings is 1. The molecule has 2 saturated heterocycles. The van der Waals surface area contributed by atoms with Crippen molar-refractivity contribution in [2.75, 3.05) is 32.2 Å². The molecule has 1 spiro atoms. The van der Waals surface area contributed by atoms with E-state index in [1.807, 2.05) is 0 Å². The second-order valence-corrected chi connectivity index (χ2v) is 6.71. The Morgan fingerprint density at radius 1 is 1.16 bits per heavy atom. The molecule has 2 unspecified atom stereocenters. The molecule has 2 aliphatic heterocycles. The summed E-state index contributed by atoms with van der Waals surface area (Å²) < 4.78 is 12.0. The second-order valence-electron chi connectivity index (χ2n) is 6.40. The maximum atomic E-state index is 6.46. The van der Waals surface area contributed by atoms with Gasteiger partial charge in [-0.2, -0.15) is 0 Å². The Morgan fingerprint density at radius 2 is 2.00 bits per heavy atom. The van der Waals surface area contributed by atoms with Gasteiger partial charge in [0.1, 0.15) is 0 Å². The van der Waals surface area contributed by atoms with Gasteiger partial charge >= 0.3 is 0 Å². The summed E-state index contributed by atoms with van der Waals surface area (Å²) in [5.74, 6) is 0.665. The Balaban J connectivity index is 1.53. The summed E-state index contributed by atoms with van der Waals surface area (Å²) >= 11 is 6.04. The zero-order chi connectivity index (χ0) is 13.1. The summed E-state index contributed by atoms with van der Waals surface area (Å²) in [6.45, 7) is 3.67. The minimum Gasteiger partial charge on any atom is -0.378 e. The van der Waals surface area contributed by atoms with Crippen LogP contribution in [0.4, 0.5) is 0 Å². The van der Waals surface area contributed by atoms with Gasteiger partial charge in [0, 0.05) is 25.0 Å². The molecule has 0 aromatic carbocycles. The molecule has 4 heteroatoms. The predicted octanol–water partition coefficient (Wildman–Crippen LogP) is 2.81. The fourth-order valence-electron chi connectivity index (χ4n) is 3.92. The molecule has 110 valence electrons. The zero-order valence-corrected chi connectivity index (χ0v) is 12.5. The van der Waals surface area contributed by atoms with Gasteiger partial charge < -0.3 is 9.47 Å². The molecule has 1 aliphatic carbocycles. The molecule has 2 atom stereocenters. The average Bonchev–Trinajstić information content (AvgIpc) is 2.83. The van der Waals surface area contributed by atoms with Gasteiger partial charge in [0.05, 0.1) is 24.9 Å². The first-order chi connectivity index (χ1) is 9.31. The predicted molar refractivity (Wildman–Crippen MR) is 76.8 cm³/mol. The third-order valence-corrected chi connectivity index (χ3v) is 5.43. The van der Waals surface area contributed by atoms with Crippen LogP contribution in [0.15, 0.2) is 0 Å². The van der Waals surface area contributed by atoms with Crippen molar-refractivity contribution in [1.29, 1.82) is 0 Å². The van der Waals surface area contributed by atoms with Crippen molar-refractivity contribution in [3.63, 3.8) is 0 Å². The average molecular weight is 288 g/mol. The summed E-state index contributed by atoms with van der Waals surface area (Å²) in [4.78, 5) is 2.48. The molecular formula is C15H26ClNO2. The van der Waals surface area contributed by atoms with Gasteiger partial charge in [-0.15, -0.1) is 11.6 Å². The van der Waals surface area contributed by atoms with Crippen LogP contribution in [-0.4, -0.2) is 54.8 Å². The maximum absolute atomic E-state index is 6.46. The lowest BCUT2D eigenvalue weighted by Gasteiger charge is -2.37. The first kappa shape index (κ1) is 14.1.